The van der Waals surface area contributed by atoms with E-state index in [1.165, 1.54) is 25.3 Å². The lowest BCUT2D eigenvalue weighted by molar-refractivity contribution is -0.146. The zero-order chi connectivity index (χ0) is 33.7. The van der Waals surface area contributed by atoms with E-state index in [-0.39, 0.29) is 28.9 Å². The molecular formula is C32H38F3N9O4. The Labute approximate surface area is 275 Å². The number of methoxy groups -OCH3 is 1. The number of fused-ring (bicyclic) bond motifs is 1. The average Bonchev–Trinajstić information content (AvgIpc) is 3.75. The highest BCUT2D eigenvalue weighted by Gasteiger charge is 2.39. The second-order valence-corrected chi connectivity index (χ2v) is 11.7. The number of hydrogen-bond acceptors (Lipinski definition) is 10. The van der Waals surface area contributed by atoms with Crippen LogP contribution in [0.25, 0.3) is 16.6 Å². The predicted octanol–water partition coefficient (Wildman–Crippen LogP) is 3.25. The molecule has 6 rings (SSSR count). The van der Waals surface area contributed by atoms with Crippen molar-refractivity contribution in [2.45, 2.75) is 25.6 Å². The maximum absolute atomic E-state index is 14.3. The number of benzene rings is 2. The molecule has 2 fully saturated rings. The number of piperazine rings is 1. The fourth-order valence-electron chi connectivity index (χ4n) is 6.14. The van der Waals surface area contributed by atoms with Crippen molar-refractivity contribution in [3.63, 3.8) is 0 Å². The summed E-state index contributed by atoms with van der Waals surface area (Å²) in [4.78, 5) is 29.5. The molecule has 2 aromatic heterocycles. The minimum atomic E-state index is -4.79. The van der Waals surface area contributed by atoms with Gasteiger partial charge in [-0.05, 0) is 53.6 Å². The fraction of sp³-hybridized carbons (Fsp3) is 0.438. The van der Waals surface area contributed by atoms with Gasteiger partial charge in [-0.15, -0.1) is 5.10 Å². The molecule has 0 radical (unpaired) electrons. The van der Waals surface area contributed by atoms with Crippen molar-refractivity contribution < 1.29 is 32.3 Å². The highest BCUT2D eigenvalue weighted by atomic mass is 19.4. The van der Waals surface area contributed by atoms with Gasteiger partial charge in [0.2, 0.25) is 0 Å². The zero-order valence-electron chi connectivity index (χ0n) is 26.7. The van der Waals surface area contributed by atoms with E-state index in [4.69, 9.17) is 14.3 Å². The largest absolute Gasteiger partial charge is 0.496 e. The van der Waals surface area contributed by atoms with Crippen LogP contribution in [0.3, 0.4) is 0 Å². The van der Waals surface area contributed by atoms with E-state index in [9.17, 15) is 18.0 Å². The van der Waals surface area contributed by atoms with Gasteiger partial charge in [-0.2, -0.15) is 17.9 Å². The SMILES string of the molecule is COc1ccc(-n2nnnc2C(F)(F)F)cc1C(=O)N1CCN(C=C(C)NOCCN2CCOCC2)C[C@H]1Cc1c[nH]c2ccccc12. The lowest BCUT2D eigenvalue weighted by atomic mass is 10.00. The number of nitrogens with zero attached hydrogens (tertiary/aromatic N) is 7. The Balaban J connectivity index is 1.22. The molecule has 48 heavy (non-hydrogen) atoms. The Morgan fingerprint density at radius 3 is 2.75 bits per heavy atom. The molecule has 4 heterocycles. The number of alkyl halides is 3. The number of aromatic amines is 1. The van der Waals surface area contributed by atoms with Crippen molar-refractivity contribution in [1.82, 2.24) is 45.4 Å². The molecule has 0 saturated carbocycles. The first-order valence-corrected chi connectivity index (χ1v) is 15.7. The molecule has 0 unspecified atom stereocenters. The number of rotatable bonds is 11. The van der Waals surface area contributed by atoms with Crippen molar-refractivity contribution in [3.05, 3.63) is 77.5 Å². The summed E-state index contributed by atoms with van der Waals surface area (Å²) in [6, 6.07) is 11.8. The molecule has 1 atom stereocenters. The van der Waals surface area contributed by atoms with E-state index in [2.05, 4.69) is 35.8 Å². The van der Waals surface area contributed by atoms with Gasteiger partial charge >= 0.3 is 6.18 Å². The van der Waals surface area contributed by atoms with Crippen LogP contribution in [0.1, 0.15) is 28.7 Å². The zero-order valence-corrected chi connectivity index (χ0v) is 26.7. The van der Waals surface area contributed by atoms with Gasteiger partial charge in [-0.3, -0.25) is 20.0 Å². The van der Waals surface area contributed by atoms with Gasteiger partial charge < -0.3 is 24.3 Å². The van der Waals surface area contributed by atoms with E-state index in [1.807, 2.05) is 43.6 Å². The average molecular weight is 670 g/mol. The summed E-state index contributed by atoms with van der Waals surface area (Å²) in [6.07, 6.45) is -0.316. The van der Waals surface area contributed by atoms with E-state index < -0.39 is 12.0 Å². The molecule has 256 valence electrons. The van der Waals surface area contributed by atoms with Crippen molar-refractivity contribution in [1.29, 1.82) is 0 Å². The lowest BCUT2D eigenvalue weighted by Gasteiger charge is -2.41. The molecule has 2 aliphatic heterocycles. The third-order valence-corrected chi connectivity index (χ3v) is 8.51. The molecule has 0 aliphatic carbocycles. The number of halogens is 3. The maximum Gasteiger partial charge on any atom is 0.453 e. The Morgan fingerprint density at radius 2 is 1.96 bits per heavy atom. The van der Waals surface area contributed by atoms with Crippen LogP contribution in [0, 0.1) is 0 Å². The van der Waals surface area contributed by atoms with Crippen molar-refractivity contribution in [2.24, 2.45) is 0 Å². The Hall–Kier alpha value is -4.67. The number of para-hydroxylation sites is 1. The molecule has 4 aromatic rings. The van der Waals surface area contributed by atoms with Crippen LogP contribution in [0.2, 0.25) is 0 Å². The Bertz CT molecular complexity index is 1730. The smallest absolute Gasteiger partial charge is 0.453 e. The topological polar surface area (TPSA) is 126 Å². The second-order valence-electron chi connectivity index (χ2n) is 11.7. The van der Waals surface area contributed by atoms with Crippen LogP contribution in [-0.4, -0.2) is 118 Å². The summed E-state index contributed by atoms with van der Waals surface area (Å²) >= 11 is 0. The molecule has 0 bridgehead atoms. The van der Waals surface area contributed by atoms with Gasteiger partial charge in [-0.25, -0.2) is 0 Å². The highest BCUT2D eigenvalue weighted by molar-refractivity contribution is 5.98. The van der Waals surface area contributed by atoms with E-state index in [1.54, 1.807) is 4.90 Å². The highest BCUT2D eigenvalue weighted by Crippen LogP contribution is 2.31. The molecule has 13 nitrogen and oxygen atoms in total. The molecule has 2 saturated heterocycles. The summed E-state index contributed by atoms with van der Waals surface area (Å²) in [6.45, 7) is 7.88. The summed E-state index contributed by atoms with van der Waals surface area (Å²) in [5, 5.41) is 10.9. The standard InChI is InChI=1S/C32H38F3N9O4/c1-22(38-48-16-13-41-11-14-47-15-12-41)20-42-9-10-43(25(21-42)17-23-19-36-28-6-4-3-5-26(23)28)30(45)27-18-24(7-8-29(27)46-2)44-31(32(33,34)35)37-39-40-44/h3-8,18-20,25,36,38H,9-17,21H2,1-2H3/t25-/m1/s1. The first kappa shape index (κ1) is 33.2. The van der Waals surface area contributed by atoms with Gasteiger partial charge in [0.15, 0.2) is 0 Å². The third-order valence-electron chi connectivity index (χ3n) is 8.51. The van der Waals surface area contributed by atoms with Crippen LogP contribution in [-0.2, 0) is 22.2 Å². The van der Waals surface area contributed by atoms with Crippen LogP contribution in [0.4, 0.5) is 13.2 Å². The quantitative estimate of drug-likeness (QED) is 0.182. The van der Waals surface area contributed by atoms with Gasteiger partial charge in [0.05, 0.1) is 49.9 Å². The summed E-state index contributed by atoms with van der Waals surface area (Å²) < 4.78 is 52.3. The number of morpholine rings is 1. The monoisotopic (exact) mass is 669 g/mol. The van der Waals surface area contributed by atoms with Crippen molar-refractivity contribution >= 4 is 16.8 Å². The predicted molar refractivity (Wildman–Crippen MR) is 169 cm³/mol. The van der Waals surface area contributed by atoms with Crippen LogP contribution in [0.5, 0.6) is 5.75 Å². The maximum atomic E-state index is 14.3. The molecule has 16 heteroatoms. The number of tetrazole rings is 1. The Morgan fingerprint density at radius 1 is 1.15 bits per heavy atom. The van der Waals surface area contributed by atoms with Crippen LogP contribution in [0.15, 0.2) is 60.6 Å². The molecule has 2 aliphatic rings. The van der Waals surface area contributed by atoms with Gasteiger partial charge in [0, 0.05) is 62.6 Å². The van der Waals surface area contributed by atoms with Crippen molar-refractivity contribution in [3.8, 4) is 11.4 Å². The van der Waals surface area contributed by atoms with Crippen molar-refractivity contribution in [2.75, 3.05) is 66.2 Å². The number of aromatic nitrogens is 5. The number of nitrogens with one attached hydrogen (secondary N) is 2. The number of H-pyrrole nitrogens is 1. The normalized spacial score (nSPS) is 18.0. The van der Waals surface area contributed by atoms with Gasteiger partial charge in [-0.1, -0.05) is 18.2 Å². The molecule has 0 spiro atoms. The third kappa shape index (κ3) is 7.55. The lowest BCUT2D eigenvalue weighted by Crippen LogP contribution is -2.54. The van der Waals surface area contributed by atoms with E-state index in [0.717, 1.165) is 55.0 Å². The van der Waals surface area contributed by atoms with Gasteiger partial charge in [0.25, 0.3) is 11.7 Å². The number of allylic oxidation sites excluding steroid dienone is 1. The Kier molecular flexibility index (Phi) is 10.1. The molecule has 2 aromatic carbocycles. The van der Waals surface area contributed by atoms with E-state index >= 15 is 0 Å². The minimum absolute atomic E-state index is 0.0125. The van der Waals surface area contributed by atoms with Gasteiger partial charge in [0.1, 0.15) is 5.75 Å². The first-order chi connectivity index (χ1) is 23.2. The number of carbonyl (C=O) groups excluding carboxylic acids is 1. The first-order valence-electron chi connectivity index (χ1n) is 15.7. The number of hydrogen-bond donors (Lipinski definition) is 2. The minimum Gasteiger partial charge on any atom is -0.496 e. The molecule has 2 N–H and O–H groups in total. The summed E-state index contributed by atoms with van der Waals surface area (Å²) in [7, 11) is 1.41. The fourth-order valence-corrected chi connectivity index (χ4v) is 6.14. The molecule has 1 amide bonds. The summed E-state index contributed by atoms with van der Waals surface area (Å²) in [5.74, 6) is -1.43. The number of carbonyl (C=O) groups is 1. The van der Waals surface area contributed by atoms with Crippen LogP contribution < -0.4 is 10.2 Å². The molecular weight excluding hydrogens is 631 g/mol. The number of hydroxylamine groups is 1. The van der Waals surface area contributed by atoms with Crippen LogP contribution >= 0.6 is 0 Å². The number of ether oxygens (including phenoxy) is 2. The van der Waals surface area contributed by atoms with E-state index in [0.29, 0.717) is 37.3 Å². The second kappa shape index (κ2) is 14.6. The summed E-state index contributed by atoms with van der Waals surface area (Å²) in [5.41, 5.74) is 5.98. The number of amides is 1.